The zero-order valence-electron chi connectivity index (χ0n) is 11.2. The third-order valence-corrected chi connectivity index (χ3v) is 1.11. The zero-order valence-corrected chi connectivity index (χ0v) is 13.5. The van der Waals surface area contributed by atoms with Crippen LogP contribution in [0.4, 0.5) is 0 Å². The molecule has 0 aromatic heterocycles. The molecule has 0 N–H and O–H groups in total. The molecule has 0 bridgehead atoms. The third kappa shape index (κ3) is 68.9. The third-order valence-electron chi connectivity index (χ3n) is 1.11. The van der Waals surface area contributed by atoms with Gasteiger partial charge >= 0.3 is 45.2 Å². The summed E-state index contributed by atoms with van der Waals surface area (Å²) in [5.41, 5.74) is 0. The molecule has 0 heterocycles. The van der Waals surface area contributed by atoms with Gasteiger partial charge in [0.05, 0.1) is 0 Å². The minimum Gasteiger partial charge on any atom is -0.748 e. The van der Waals surface area contributed by atoms with Crippen LogP contribution in [0.2, 0.25) is 0 Å². The Morgan fingerprint density at radius 1 is 0.524 bits per heavy atom. The summed E-state index contributed by atoms with van der Waals surface area (Å²) in [5.74, 6) is 0. The van der Waals surface area contributed by atoms with Gasteiger partial charge in [-0.1, -0.05) is 0 Å². The molecule has 2 aromatic rings. The minimum atomic E-state index is 0. The molecule has 2 rings (SSSR count). The maximum atomic E-state index is 7.50. The van der Waals surface area contributed by atoms with Crippen molar-refractivity contribution in [2.24, 2.45) is 0 Å². The Balaban J connectivity index is -0.0000000234. The number of rotatable bonds is 0. The fourth-order valence-electron chi connectivity index (χ4n) is 0.642. The molecule has 0 aliphatic carbocycles. The minimum absolute atomic E-state index is 0. The van der Waals surface area contributed by atoms with Crippen LogP contribution in [-0.4, -0.2) is 0 Å². The van der Waals surface area contributed by atoms with Crippen molar-refractivity contribution in [3.8, 4) is 0 Å². The molecule has 118 valence electrons. The molecule has 0 aliphatic rings. The van der Waals surface area contributed by atoms with Gasteiger partial charge in [-0.25, -0.2) is 12.1 Å². The molecular weight excluding hydrogens is 354 g/mol. The first-order valence-corrected chi connectivity index (χ1v) is 4.15. The molecule has 0 spiro atoms. The maximum absolute atomic E-state index is 7.50. The van der Waals surface area contributed by atoms with Crippen LogP contribution in [0, 0.1) is 34.0 Å². The van der Waals surface area contributed by atoms with E-state index in [9.17, 15) is 0 Å². The summed E-state index contributed by atoms with van der Waals surface area (Å²) in [4.78, 5) is 0. The topological polar surface area (TPSA) is 79.6 Å². The zero-order chi connectivity index (χ0) is 15.1. The van der Waals surface area contributed by atoms with Gasteiger partial charge in [0.15, 0.2) is 0 Å². The largest absolute Gasteiger partial charge is 0.748 e. The van der Waals surface area contributed by atoms with E-state index in [1.54, 1.807) is 0 Å². The Kier molecular flexibility index (Phi) is 157. The van der Waals surface area contributed by atoms with Crippen molar-refractivity contribution in [3.63, 3.8) is 0 Å². The van der Waals surface area contributed by atoms with Gasteiger partial charge in [-0.3, -0.25) is 0 Å². The summed E-state index contributed by atoms with van der Waals surface area (Å²) in [6.07, 6.45) is 0. The predicted molar refractivity (Wildman–Crippen MR) is 66.2 cm³/mol. The average Bonchev–Trinajstić information content (AvgIpc) is 3.25. The van der Waals surface area contributed by atoms with Crippen molar-refractivity contribution in [3.05, 3.63) is 94.7 Å². The van der Waals surface area contributed by atoms with Gasteiger partial charge in [-0.2, -0.15) is 18.2 Å². The molecule has 0 fully saturated rings. The van der Waals surface area contributed by atoms with Crippen LogP contribution in [0.5, 0.6) is 0 Å². The fraction of sp³-hybridized carbons (Fsp3) is 0. The van der Waals surface area contributed by atoms with Crippen molar-refractivity contribution < 1.29 is 52.7 Å². The molecule has 21 heavy (non-hydrogen) atoms. The Bertz CT molecular complexity index is 275. The predicted octanol–water partition coefficient (Wildman–Crippen LogP) is 3.11. The molecule has 0 saturated heterocycles. The summed E-state index contributed by atoms with van der Waals surface area (Å²) >= 11 is 0. The normalized spacial score (nSPS) is 4.19. The van der Waals surface area contributed by atoms with E-state index in [4.69, 9.17) is 18.6 Å². The van der Waals surface area contributed by atoms with E-state index in [2.05, 4.69) is 26.6 Å². The van der Waals surface area contributed by atoms with Crippen LogP contribution in [0.3, 0.4) is 0 Å². The SMILES string of the molecule is [C-]#[O+].[C-]#[O+].[C-]#[O+].[C-]#[O+].[CH3-].[Mn].[Mn].[cH-]1[cH-][cH-][cH-][cH-]1.c1cc[cH-]c1. The van der Waals surface area contributed by atoms with E-state index in [0.717, 1.165) is 0 Å². The Labute approximate surface area is 147 Å². The van der Waals surface area contributed by atoms with Gasteiger partial charge in [-0.15, -0.1) is 0 Å². The first-order chi connectivity index (χ1) is 9.00. The second-order valence-electron chi connectivity index (χ2n) is 1.92. The molecule has 6 heteroatoms. The summed E-state index contributed by atoms with van der Waals surface area (Å²) in [5, 5.41) is 0. The van der Waals surface area contributed by atoms with Crippen molar-refractivity contribution >= 4 is 0 Å². The van der Waals surface area contributed by atoms with Gasteiger partial charge in [-0.05, 0) is 0 Å². The quantitative estimate of drug-likeness (QED) is 0.390. The van der Waals surface area contributed by atoms with Crippen molar-refractivity contribution in [2.45, 2.75) is 0 Å². The van der Waals surface area contributed by atoms with Crippen LogP contribution < -0.4 is 0 Å². The van der Waals surface area contributed by atoms with Crippen LogP contribution in [-0.2, 0) is 52.7 Å². The summed E-state index contributed by atoms with van der Waals surface area (Å²) < 4.78 is 30.0. The maximum Gasteiger partial charge on any atom is 0 e. The van der Waals surface area contributed by atoms with Crippen molar-refractivity contribution in [1.29, 1.82) is 0 Å². The standard InChI is InChI=1S/2C5H5.4CO.CH3.2Mn/c2*1-2-4-5-3-1;4*1-2;;;/h2*1-5H;;;;;1H3;;/q-5;-1;;;;;-1;;. The summed E-state index contributed by atoms with van der Waals surface area (Å²) in [6.45, 7) is 18.0. The second kappa shape index (κ2) is 77.4. The summed E-state index contributed by atoms with van der Waals surface area (Å²) in [7, 11) is 0. The summed E-state index contributed by atoms with van der Waals surface area (Å²) in [6, 6.07) is 20.0. The van der Waals surface area contributed by atoms with Gasteiger partial charge in [0.1, 0.15) is 0 Å². The molecule has 0 atom stereocenters. The molecule has 2 radical (unpaired) electrons. The Morgan fingerprint density at radius 2 is 0.714 bits per heavy atom. The number of hydrogen-bond acceptors (Lipinski definition) is 0. The molecule has 0 aliphatic heterocycles. The molecule has 0 unspecified atom stereocenters. The van der Waals surface area contributed by atoms with E-state index in [0.29, 0.717) is 0 Å². The molecule has 2 aromatic carbocycles. The first kappa shape index (κ1) is 42.7. The Hall–Kier alpha value is -1.30. The second-order valence-corrected chi connectivity index (χ2v) is 1.92. The molecule has 0 amide bonds. The average molecular weight is 367 g/mol. The van der Waals surface area contributed by atoms with E-state index in [1.807, 2.05) is 60.7 Å². The van der Waals surface area contributed by atoms with Gasteiger partial charge < -0.3 is 37.8 Å². The van der Waals surface area contributed by atoms with E-state index in [-0.39, 0.29) is 41.6 Å². The smallest absolute Gasteiger partial charge is 0 e. The molecule has 0 saturated carbocycles. The van der Waals surface area contributed by atoms with Crippen LogP contribution in [0.25, 0.3) is 0 Å². The monoisotopic (exact) mass is 367 g/mol. The van der Waals surface area contributed by atoms with Crippen LogP contribution >= 0.6 is 0 Å². The van der Waals surface area contributed by atoms with Crippen LogP contribution in [0.15, 0.2) is 60.7 Å². The van der Waals surface area contributed by atoms with Gasteiger partial charge in [0.25, 0.3) is 0 Å². The van der Waals surface area contributed by atoms with Crippen molar-refractivity contribution in [2.75, 3.05) is 0 Å². The van der Waals surface area contributed by atoms with Gasteiger partial charge in [0.2, 0.25) is 0 Å². The number of hydrogen-bond donors (Lipinski definition) is 0. The molecule has 4 nitrogen and oxygen atoms in total. The van der Waals surface area contributed by atoms with E-state index < -0.39 is 0 Å². The van der Waals surface area contributed by atoms with Crippen LogP contribution in [0.1, 0.15) is 0 Å². The first-order valence-electron chi connectivity index (χ1n) is 4.15. The molecular formula is C15H13Mn2O4-7. The van der Waals surface area contributed by atoms with Gasteiger partial charge in [0, 0.05) is 34.1 Å². The Morgan fingerprint density at radius 3 is 0.810 bits per heavy atom. The van der Waals surface area contributed by atoms with Crippen molar-refractivity contribution in [1.82, 2.24) is 0 Å². The fourth-order valence-corrected chi connectivity index (χ4v) is 0.642. The van der Waals surface area contributed by atoms with E-state index >= 15 is 0 Å². The van der Waals surface area contributed by atoms with E-state index in [1.165, 1.54) is 0 Å².